The Bertz CT molecular complexity index is 963. The Balaban J connectivity index is 1.56. The van der Waals surface area contributed by atoms with Crippen molar-refractivity contribution in [2.45, 2.75) is 36.7 Å². The van der Waals surface area contributed by atoms with Crippen LogP contribution < -0.4 is 4.74 Å². The SMILES string of the molecule is CC(C)(P)CN1CCC(COc2ccc(-c3ccc(S(C)(=O)=O)cc3)c(I)c2)CC1. The molecule has 0 bridgehead atoms. The first kappa shape index (κ1) is 24.0. The number of sulfone groups is 1. The lowest BCUT2D eigenvalue weighted by Gasteiger charge is -2.35. The van der Waals surface area contributed by atoms with Crippen LogP contribution in [0.1, 0.15) is 26.7 Å². The minimum absolute atomic E-state index is 0.271. The first-order valence-corrected chi connectivity index (χ1v) is 13.8. The van der Waals surface area contributed by atoms with Gasteiger partial charge in [0.25, 0.3) is 0 Å². The minimum atomic E-state index is -3.18. The number of piperidine rings is 1. The summed E-state index contributed by atoms with van der Waals surface area (Å²) in [6.07, 6.45) is 3.59. The summed E-state index contributed by atoms with van der Waals surface area (Å²) in [5, 5.41) is 0.271. The van der Waals surface area contributed by atoms with Crippen molar-refractivity contribution in [3.8, 4) is 16.9 Å². The van der Waals surface area contributed by atoms with Crippen LogP contribution in [-0.4, -0.2) is 51.0 Å². The quantitative estimate of drug-likeness (QED) is 0.350. The maximum absolute atomic E-state index is 11.7. The summed E-state index contributed by atoms with van der Waals surface area (Å²) in [5.41, 5.74) is 2.08. The molecule has 4 nitrogen and oxygen atoms in total. The fraction of sp³-hybridized carbons (Fsp3) is 0.478. The van der Waals surface area contributed by atoms with Gasteiger partial charge in [-0.2, -0.15) is 0 Å². The molecule has 0 aliphatic carbocycles. The number of hydrogen-bond donors (Lipinski definition) is 0. The average Bonchev–Trinajstić information content (AvgIpc) is 2.66. The lowest BCUT2D eigenvalue weighted by atomic mass is 9.97. The van der Waals surface area contributed by atoms with Gasteiger partial charge in [-0.3, -0.25) is 0 Å². The molecule has 0 radical (unpaired) electrons. The molecule has 1 fully saturated rings. The number of ether oxygens (including phenoxy) is 1. The van der Waals surface area contributed by atoms with E-state index in [0.717, 1.165) is 46.7 Å². The third kappa shape index (κ3) is 6.91. The zero-order chi connectivity index (χ0) is 21.9. The molecule has 2 aromatic carbocycles. The zero-order valence-electron chi connectivity index (χ0n) is 17.9. The highest BCUT2D eigenvalue weighted by Crippen LogP contribution is 2.30. The largest absolute Gasteiger partial charge is 0.493 e. The van der Waals surface area contributed by atoms with Crippen LogP contribution in [0.2, 0.25) is 0 Å². The molecule has 1 unspecified atom stereocenters. The second-order valence-electron chi connectivity index (χ2n) is 8.96. The molecular formula is C23H31INO3PS. The molecule has 1 aliphatic heterocycles. The van der Waals surface area contributed by atoms with E-state index in [9.17, 15) is 8.42 Å². The maximum Gasteiger partial charge on any atom is 0.175 e. The molecule has 164 valence electrons. The molecular weight excluding hydrogens is 528 g/mol. The first-order chi connectivity index (χ1) is 14.0. The number of benzene rings is 2. The predicted molar refractivity (Wildman–Crippen MR) is 136 cm³/mol. The van der Waals surface area contributed by atoms with Gasteiger partial charge in [0.1, 0.15) is 5.75 Å². The summed E-state index contributed by atoms with van der Waals surface area (Å²) in [7, 11) is -0.237. The van der Waals surface area contributed by atoms with Crippen molar-refractivity contribution in [3.05, 3.63) is 46.0 Å². The fourth-order valence-corrected chi connectivity index (χ4v) is 5.49. The lowest BCUT2D eigenvalue weighted by Crippen LogP contribution is -2.41. The smallest absolute Gasteiger partial charge is 0.175 e. The third-order valence-electron chi connectivity index (χ3n) is 5.36. The third-order valence-corrected chi connectivity index (χ3v) is 7.56. The normalized spacial score (nSPS) is 16.6. The van der Waals surface area contributed by atoms with E-state index in [1.54, 1.807) is 12.1 Å². The minimum Gasteiger partial charge on any atom is -0.493 e. The molecule has 1 heterocycles. The summed E-state index contributed by atoms with van der Waals surface area (Å²) >= 11 is 2.32. The molecule has 0 spiro atoms. The van der Waals surface area contributed by atoms with Crippen molar-refractivity contribution in [2.75, 3.05) is 32.5 Å². The number of nitrogens with zero attached hydrogens (tertiary/aromatic N) is 1. The highest BCUT2D eigenvalue weighted by Gasteiger charge is 2.23. The second kappa shape index (κ2) is 9.85. The average molecular weight is 559 g/mol. The summed E-state index contributed by atoms with van der Waals surface area (Å²) in [6.45, 7) is 8.70. The Morgan fingerprint density at radius 1 is 1.13 bits per heavy atom. The molecule has 7 heteroatoms. The zero-order valence-corrected chi connectivity index (χ0v) is 22.0. The molecule has 0 N–H and O–H groups in total. The van der Waals surface area contributed by atoms with Gasteiger partial charge < -0.3 is 9.64 Å². The van der Waals surface area contributed by atoms with E-state index in [2.05, 4.69) is 62.7 Å². The van der Waals surface area contributed by atoms with Crippen molar-refractivity contribution in [1.82, 2.24) is 4.90 Å². The van der Waals surface area contributed by atoms with E-state index in [1.807, 2.05) is 18.2 Å². The van der Waals surface area contributed by atoms with Crippen molar-refractivity contribution in [3.63, 3.8) is 0 Å². The van der Waals surface area contributed by atoms with E-state index in [1.165, 1.54) is 19.1 Å². The van der Waals surface area contributed by atoms with Crippen molar-refractivity contribution in [1.29, 1.82) is 0 Å². The van der Waals surface area contributed by atoms with Gasteiger partial charge in [0.15, 0.2) is 9.84 Å². The van der Waals surface area contributed by atoms with Crippen LogP contribution in [0, 0.1) is 9.49 Å². The Morgan fingerprint density at radius 2 is 1.77 bits per heavy atom. The van der Waals surface area contributed by atoms with Gasteiger partial charge in [-0.25, -0.2) is 8.42 Å². The van der Waals surface area contributed by atoms with E-state index < -0.39 is 9.84 Å². The topological polar surface area (TPSA) is 46.6 Å². The van der Waals surface area contributed by atoms with Crippen LogP contribution >= 0.6 is 31.8 Å². The molecule has 1 saturated heterocycles. The van der Waals surface area contributed by atoms with Crippen molar-refractivity contribution in [2.24, 2.45) is 5.92 Å². The summed E-state index contributed by atoms with van der Waals surface area (Å²) < 4.78 is 30.5. The first-order valence-electron chi connectivity index (χ1n) is 10.3. The van der Waals surface area contributed by atoms with Gasteiger partial charge >= 0.3 is 0 Å². The Morgan fingerprint density at radius 3 is 2.30 bits per heavy atom. The van der Waals surface area contributed by atoms with Crippen LogP contribution in [0.25, 0.3) is 11.1 Å². The van der Waals surface area contributed by atoms with Crippen molar-refractivity contribution < 1.29 is 13.2 Å². The van der Waals surface area contributed by atoms with Gasteiger partial charge in [-0.1, -0.05) is 26.0 Å². The van der Waals surface area contributed by atoms with E-state index in [4.69, 9.17) is 4.74 Å². The number of likely N-dealkylation sites (tertiary alicyclic amines) is 1. The summed E-state index contributed by atoms with van der Waals surface area (Å²) in [4.78, 5) is 2.89. The number of rotatable bonds is 7. The van der Waals surface area contributed by atoms with Crippen LogP contribution in [0.5, 0.6) is 5.75 Å². The molecule has 1 aliphatic rings. The molecule has 0 saturated carbocycles. The van der Waals surface area contributed by atoms with E-state index in [-0.39, 0.29) is 5.16 Å². The highest BCUT2D eigenvalue weighted by atomic mass is 127. The lowest BCUT2D eigenvalue weighted by molar-refractivity contribution is 0.136. The molecule has 30 heavy (non-hydrogen) atoms. The maximum atomic E-state index is 11.7. The Hall–Kier alpha value is -0.690. The fourth-order valence-electron chi connectivity index (χ4n) is 3.80. The Kier molecular flexibility index (Phi) is 7.86. The molecule has 0 amide bonds. The molecule has 0 aromatic heterocycles. The van der Waals surface area contributed by atoms with E-state index in [0.29, 0.717) is 10.8 Å². The summed E-state index contributed by atoms with van der Waals surface area (Å²) in [5.74, 6) is 1.50. The highest BCUT2D eigenvalue weighted by molar-refractivity contribution is 14.1. The Labute approximate surface area is 197 Å². The van der Waals surface area contributed by atoms with E-state index >= 15 is 0 Å². The van der Waals surface area contributed by atoms with Crippen LogP contribution in [0.4, 0.5) is 0 Å². The molecule has 3 rings (SSSR count). The second-order valence-corrected chi connectivity index (χ2v) is 13.7. The number of halogens is 1. The molecule has 2 aromatic rings. The van der Waals surface area contributed by atoms with Gasteiger partial charge in [-0.15, -0.1) is 9.24 Å². The van der Waals surface area contributed by atoms with Gasteiger partial charge in [-0.05, 0) is 101 Å². The molecule has 1 atom stereocenters. The van der Waals surface area contributed by atoms with Crippen LogP contribution in [0.15, 0.2) is 47.4 Å². The van der Waals surface area contributed by atoms with Gasteiger partial charge in [0.2, 0.25) is 0 Å². The predicted octanol–water partition coefficient (Wildman–Crippen LogP) is 5.11. The monoisotopic (exact) mass is 559 g/mol. The van der Waals surface area contributed by atoms with Gasteiger partial charge in [0.05, 0.1) is 11.5 Å². The van der Waals surface area contributed by atoms with Gasteiger partial charge in [0, 0.05) is 16.4 Å². The standard InChI is InChI=1S/C23H31INO3PS/c1-23(2,29)16-25-12-10-17(11-13-25)15-28-19-6-9-21(22(24)14-19)18-4-7-20(8-5-18)30(3,26)27/h4-9,14,17H,10-13,15-16,29H2,1-3H3. The summed E-state index contributed by atoms with van der Waals surface area (Å²) in [6, 6.07) is 13.2. The van der Waals surface area contributed by atoms with Crippen LogP contribution in [-0.2, 0) is 9.84 Å². The van der Waals surface area contributed by atoms with Crippen molar-refractivity contribution >= 4 is 41.7 Å². The number of hydrogen-bond acceptors (Lipinski definition) is 4. The van der Waals surface area contributed by atoms with Crippen LogP contribution in [0.3, 0.4) is 0 Å².